The van der Waals surface area contributed by atoms with Crippen molar-refractivity contribution in [3.63, 3.8) is 0 Å². The molecule has 2 aromatic carbocycles. The van der Waals surface area contributed by atoms with E-state index in [0.717, 1.165) is 28.7 Å². The Kier molecular flexibility index (Phi) is 5.50. The monoisotopic (exact) mass is 366 g/mol. The van der Waals surface area contributed by atoms with E-state index in [1.54, 1.807) is 36.4 Å². The molecule has 5 nitrogen and oxygen atoms in total. The number of aromatic hydroxyl groups is 2. The smallest absolute Gasteiger partial charge is 0.185 e. The second-order valence-electron chi connectivity index (χ2n) is 6.38. The molecule has 0 atom stereocenters. The van der Waals surface area contributed by atoms with E-state index in [0.29, 0.717) is 24.3 Å². The van der Waals surface area contributed by atoms with E-state index in [1.807, 2.05) is 12.2 Å². The number of carbonyl (C=O) groups is 1. The van der Waals surface area contributed by atoms with Gasteiger partial charge in [0.2, 0.25) is 0 Å². The summed E-state index contributed by atoms with van der Waals surface area (Å²) in [7, 11) is 2.98. The molecule has 1 fully saturated rings. The van der Waals surface area contributed by atoms with Gasteiger partial charge in [-0.25, -0.2) is 0 Å². The SMILES string of the molecule is COc1cc(/C=C2/CCC/C(=C\c3ccc(O)c(OC)c3)C2=O)ccc1O. The van der Waals surface area contributed by atoms with Gasteiger partial charge in [0, 0.05) is 11.1 Å². The zero-order chi connectivity index (χ0) is 19.4. The minimum Gasteiger partial charge on any atom is -0.504 e. The summed E-state index contributed by atoms with van der Waals surface area (Å²) in [4.78, 5) is 12.9. The van der Waals surface area contributed by atoms with Crippen molar-refractivity contribution in [1.29, 1.82) is 0 Å². The molecule has 0 aliphatic heterocycles. The summed E-state index contributed by atoms with van der Waals surface area (Å²) in [5.74, 6) is 0.896. The number of allylic oxidation sites excluding steroid dienone is 2. The van der Waals surface area contributed by atoms with Crippen LogP contribution in [-0.4, -0.2) is 30.2 Å². The number of methoxy groups -OCH3 is 2. The van der Waals surface area contributed by atoms with Crippen molar-refractivity contribution in [2.24, 2.45) is 0 Å². The first-order chi connectivity index (χ1) is 13.0. The van der Waals surface area contributed by atoms with Crippen molar-refractivity contribution in [2.75, 3.05) is 14.2 Å². The fraction of sp³-hybridized carbons (Fsp3) is 0.227. The van der Waals surface area contributed by atoms with Crippen molar-refractivity contribution in [1.82, 2.24) is 0 Å². The topological polar surface area (TPSA) is 76.0 Å². The molecule has 5 heteroatoms. The van der Waals surface area contributed by atoms with E-state index in [1.165, 1.54) is 14.2 Å². The van der Waals surface area contributed by atoms with Gasteiger partial charge >= 0.3 is 0 Å². The standard InChI is InChI=1S/C22H22O5/c1-26-20-12-14(6-8-18(20)23)10-16-4-3-5-17(22(16)25)11-15-7-9-19(24)21(13-15)27-2/h6-13,23-24H,3-5H2,1-2H3/b16-10-,17-11+. The molecular formula is C22H22O5. The van der Waals surface area contributed by atoms with Gasteiger partial charge in [-0.15, -0.1) is 0 Å². The van der Waals surface area contributed by atoms with Gasteiger partial charge in [0.1, 0.15) is 0 Å². The van der Waals surface area contributed by atoms with E-state index < -0.39 is 0 Å². The Hall–Kier alpha value is -3.21. The third-order valence-electron chi connectivity index (χ3n) is 4.56. The first-order valence-electron chi connectivity index (χ1n) is 8.71. The molecule has 1 aliphatic carbocycles. The van der Waals surface area contributed by atoms with Crippen molar-refractivity contribution < 1.29 is 24.5 Å². The molecule has 0 bridgehead atoms. The largest absolute Gasteiger partial charge is 0.504 e. The highest BCUT2D eigenvalue weighted by atomic mass is 16.5. The Morgan fingerprint density at radius 2 is 1.26 bits per heavy atom. The molecule has 140 valence electrons. The average molecular weight is 366 g/mol. The molecule has 0 heterocycles. The molecule has 0 radical (unpaired) electrons. The number of ether oxygens (including phenoxy) is 2. The zero-order valence-electron chi connectivity index (χ0n) is 15.4. The Balaban J connectivity index is 1.89. The molecule has 1 saturated carbocycles. The lowest BCUT2D eigenvalue weighted by atomic mass is 9.87. The van der Waals surface area contributed by atoms with Gasteiger partial charge in [0.05, 0.1) is 14.2 Å². The van der Waals surface area contributed by atoms with Crippen LogP contribution in [0.15, 0.2) is 47.5 Å². The highest BCUT2D eigenvalue weighted by Gasteiger charge is 2.20. The second kappa shape index (κ2) is 7.99. The van der Waals surface area contributed by atoms with Gasteiger partial charge in [-0.1, -0.05) is 12.1 Å². The molecule has 2 N–H and O–H groups in total. The van der Waals surface area contributed by atoms with Crippen LogP contribution in [0.4, 0.5) is 0 Å². The molecule has 0 aromatic heterocycles. The number of rotatable bonds is 4. The Morgan fingerprint density at radius 1 is 0.815 bits per heavy atom. The summed E-state index contributed by atoms with van der Waals surface area (Å²) in [5.41, 5.74) is 3.07. The molecule has 0 spiro atoms. The van der Waals surface area contributed by atoms with E-state index in [9.17, 15) is 15.0 Å². The predicted molar refractivity (Wildman–Crippen MR) is 104 cm³/mol. The highest BCUT2D eigenvalue weighted by Crippen LogP contribution is 2.32. The van der Waals surface area contributed by atoms with Crippen molar-refractivity contribution in [3.05, 3.63) is 58.7 Å². The van der Waals surface area contributed by atoms with Crippen LogP contribution in [0.1, 0.15) is 30.4 Å². The Morgan fingerprint density at radius 3 is 1.67 bits per heavy atom. The van der Waals surface area contributed by atoms with Crippen molar-refractivity contribution in [2.45, 2.75) is 19.3 Å². The van der Waals surface area contributed by atoms with E-state index in [4.69, 9.17) is 9.47 Å². The maximum atomic E-state index is 12.9. The first kappa shape index (κ1) is 18.6. The van der Waals surface area contributed by atoms with Gasteiger partial charge < -0.3 is 19.7 Å². The summed E-state index contributed by atoms with van der Waals surface area (Å²) in [5, 5.41) is 19.4. The maximum absolute atomic E-state index is 12.9. The van der Waals surface area contributed by atoms with Crippen LogP contribution in [-0.2, 0) is 4.79 Å². The number of hydrogen-bond acceptors (Lipinski definition) is 5. The fourth-order valence-corrected chi connectivity index (χ4v) is 3.15. The number of phenolic OH excluding ortho intramolecular Hbond substituents is 2. The summed E-state index contributed by atoms with van der Waals surface area (Å²) in [6, 6.07) is 10.0. The van der Waals surface area contributed by atoms with E-state index in [2.05, 4.69) is 0 Å². The summed E-state index contributed by atoms with van der Waals surface area (Å²) in [6.45, 7) is 0. The van der Waals surface area contributed by atoms with Gasteiger partial charge in [-0.2, -0.15) is 0 Å². The lowest BCUT2D eigenvalue weighted by molar-refractivity contribution is -0.112. The molecule has 0 saturated heterocycles. The maximum Gasteiger partial charge on any atom is 0.185 e. The number of benzene rings is 2. The summed E-state index contributed by atoms with van der Waals surface area (Å²) in [6.07, 6.45) is 5.98. The highest BCUT2D eigenvalue weighted by molar-refractivity contribution is 6.14. The van der Waals surface area contributed by atoms with Crippen LogP contribution in [0.3, 0.4) is 0 Å². The molecule has 3 rings (SSSR count). The van der Waals surface area contributed by atoms with Crippen LogP contribution in [0.2, 0.25) is 0 Å². The van der Waals surface area contributed by atoms with E-state index in [-0.39, 0.29) is 17.3 Å². The van der Waals surface area contributed by atoms with Crippen LogP contribution < -0.4 is 9.47 Å². The number of phenols is 2. The van der Waals surface area contributed by atoms with Gasteiger partial charge in [0.25, 0.3) is 0 Å². The number of hydrogen-bond donors (Lipinski definition) is 2. The van der Waals surface area contributed by atoms with Gasteiger partial charge in [0.15, 0.2) is 28.8 Å². The zero-order valence-corrected chi connectivity index (χ0v) is 15.4. The van der Waals surface area contributed by atoms with Crippen molar-refractivity contribution >= 4 is 17.9 Å². The average Bonchev–Trinajstić information content (AvgIpc) is 2.67. The predicted octanol–water partition coefficient (Wildman–Crippen LogP) is 4.34. The van der Waals surface area contributed by atoms with E-state index >= 15 is 0 Å². The minimum atomic E-state index is 0.0142. The van der Waals surface area contributed by atoms with Crippen LogP contribution in [0.5, 0.6) is 23.0 Å². The Bertz CT molecular complexity index is 851. The second-order valence-corrected chi connectivity index (χ2v) is 6.38. The first-order valence-corrected chi connectivity index (χ1v) is 8.71. The molecule has 0 unspecified atom stereocenters. The van der Waals surface area contributed by atoms with Crippen LogP contribution in [0, 0.1) is 0 Å². The lowest BCUT2D eigenvalue weighted by Crippen LogP contribution is -2.12. The molecule has 2 aromatic rings. The summed E-state index contributed by atoms with van der Waals surface area (Å²) < 4.78 is 10.3. The number of Topliss-reactive ketones (excluding diaryl/α,β-unsaturated/α-hetero) is 1. The Labute approximate surface area is 158 Å². The molecular weight excluding hydrogens is 344 g/mol. The molecule has 27 heavy (non-hydrogen) atoms. The lowest BCUT2D eigenvalue weighted by Gasteiger charge is -2.17. The van der Waals surface area contributed by atoms with Crippen molar-refractivity contribution in [3.8, 4) is 23.0 Å². The van der Waals surface area contributed by atoms with Crippen LogP contribution >= 0.6 is 0 Å². The molecule has 0 amide bonds. The third kappa shape index (κ3) is 4.14. The fourth-order valence-electron chi connectivity index (χ4n) is 3.15. The number of carbonyl (C=O) groups excluding carboxylic acids is 1. The van der Waals surface area contributed by atoms with Crippen LogP contribution in [0.25, 0.3) is 12.2 Å². The quantitative estimate of drug-likeness (QED) is 0.788. The van der Waals surface area contributed by atoms with Gasteiger partial charge in [-0.05, 0) is 66.8 Å². The van der Waals surface area contributed by atoms with Gasteiger partial charge in [-0.3, -0.25) is 4.79 Å². The minimum absolute atomic E-state index is 0.0142. The molecule has 1 aliphatic rings. The third-order valence-corrected chi connectivity index (χ3v) is 4.56. The summed E-state index contributed by atoms with van der Waals surface area (Å²) >= 11 is 0. The number of ketones is 1. The normalized spacial score (nSPS) is 17.3.